The number of ether oxygens (including phenoxy) is 1. The van der Waals surface area contributed by atoms with Crippen LogP contribution >= 0.6 is 7.26 Å². The van der Waals surface area contributed by atoms with Gasteiger partial charge in [-0.1, -0.05) is 54.6 Å². The molecule has 0 aliphatic heterocycles. The molecule has 1 aromatic heterocycles. The van der Waals surface area contributed by atoms with Crippen LogP contribution in [0.1, 0.15) is 5.69 Å². The van der Waals surface area contributed by atoms with Crippen molar-refractivity contribution in [2.75, 3.05) is 7.11 Å². The lowest BCUT2D eigenvalue weighted by molar-refractivity contribution is 0.413. The van der Waals surface area contributed by atoms with Crippen LogP contribution < -0.4 is 20.7 Å². The lowest BCUT2D eigenvalue weighted by Gasteiger charge is -2.27. The Balaban J connectivity index is 1.98. The van der Waals surface area contributed by atoms with E-state index >= 15 is 0 Å². The summed E-state index contributed by atoms with van der Waals surface area (Å²) >= 11 is 0. The van der Waals surface area contributed by atoms with E-state index in [0.717, 1.165) is 17.6 Å². The smallest absolute Gasteiger partial charge is 0.122 e. The third-order valence-electron chi connectivity index (χ3n) is 5.01. The van der Waals surface area contributed by atoms with Crippen LogP contribution in [0.5, 0.6) is 5.75 Å². The van der Waals surface area contributed by atoms with E-state index in [4.69, 9.17) is 9.72 Å². The molecular weight excluding hydrogens is 361 g/mol. The van der Waals surface area contributed by atoms with Crippen molar-refractivity contribution < 1.29 is 4.74 Å². The quantitative estimate of drug-likeness (QED) is 0.454. The number of methoxy groups -OCH3 is 1. The van der Waals surface area contributed by atoms with E-state index in [1.807, 2.05) is 12.3 Å². The standard InChI is InChI=1S/C25H23NOP/c1-27-22-17-18-26-21(19-22)20-28(23-11-5-2-6-12-23,24-13-7-3-8-14-24)25-15-9-4-10-16-25/h2-19H,20H2,1H3/q+1. The van der Waals surface area contributed by atoms with E-state index in [1.165, 1.54) is 15.9 Å². The Kier molecular flexibility index (Phi) is 5.50. The average molecular weight is 384 g/mol. The SMILES string of the molecule is COc1ccnc(C[P+](c2ccccc2)(c2ccccc2)c2ccccc2)c1. The number of nitrogens with zero attached hydrogens (tertiary/aromatic N) is 1. The van der Waals surface area contributed by atoms with Crippen molar-refractivity contribution in [3.63, 3.8) is 0 Å². The van der Waals surface area contributed by atoms with Gasteiger partial charge in [0.15, 0.2) is 0 Å². The monoisotopic (exact) mass is 384 g/mol. The number of benzene rings is 3. The van der Waals surface area contributed by atoms with Crippen LogP contribution in [0.3, 0.4) is 0 Å². The van der Waals surface area contributed by atoms with Gasteiger partial charge in [-0.05, 0) is 42.5 Å². The van der Waals surface area contributed by atoms with Crippen LogP contribution in [0.4, 0.5) is 0 Å². The molecule has 4 aromatic rings. The summed E-state index contributed by atoms with van der Waals surface area (Å²) in [5, 5.41) is 4.08. The molecule has 0 aliphatic carbocycles. The van der Waals surface area contributed by atoms with Crippen molar-refractivity contribution >= 4 is 23.2 Å². The molecule has 4 rings (SSSR count). The second kappa shape index (κ2) is 8.37. The molecule has 0 spiro atoms. The number of pyridine rings is 1. The molecule has 0 aliphatic rings. The van der Waals surface area contributed by atoms with E-state index in [-0.39, 0.29) is 0 Å². The summed E-state index contributed by atoms with van der Waals surface area (Å²) in [5.41, 5.74) is 1.05. The van der Waals surface area contributed by atoms with E-state index < -0.39 is 7.26 Å². The summed E-state index contributed by atoms with van der Waals surface area (Å²) in [4.78, 5) is 4.70. The van der Waals surface area contributed by atoms with Gasteiger partial charge in [-0.2, -0.15) is 0 Å². The molecular formula is C25H23NOP+. The minimum atomic E-state index is -1.92. The van der Waals surface area contributed by atoms with Crippen LogP contribution in [0.2, 0.25) is 0 Å². The molecule has 0 radical (unpaired) electrons. The van der Waals surface area contributed by atoms with Gasteiger partial charge in [0.05, 0.1) is 12.8 Å². The first-order chi connectivity index (χ1) is 13.8. The van der Waals surface area contributed by atoms with Gasteiger partial charge in [-0.15, -0.1) is 0 Å². The van der Waals surface area contributed by atoms with Gasteiger partial charge in [0, 0.05) is 12.3 Å². The van der Waals surface area contributed by atoms with E-state index in [9.17, 15) is 0 Å². The molecule has 0 atom stereocenters. The zero-order valence-corrected chi connectivity index (χ0v) is 16.8. The Labute approximate surface area is 167 Å². The summed E-state index contributed by atoms with van der Waals surface area (Å²) in [5.74, 6) is 0.845. The van der Waals surface area contributed by atoms with Gasteiger partial charge in [-0.25, -0.2) is 0 Å². The van der Waals surface area contributed by atoms with Crippen molar-refractivity contribution in [2.24, 2.45) is 0 Å². The molecule has 0 fully saturated rings. The fraction of sp³-hybridized carbons (Fsp3) is 0.0800. The lowest BCUT2D eigenvalue weighted by atomic mass is 10.3. The Hall–Kier alpha value is -2.96. The molecule has 2 nitrogen and oxygen atoms in total. The Morgan fingerprint density at radius 2 is 1.14 bits per heavy atom. The molecule has 0 saturated carbocycles. The second-order valence-electron chi connectivity index (χ2n) is 6.66. The van der Waals surface area contributed by atoms with Crippen molar-refractivity contribution in [1.82, 2.24) is 4.98 Å². The molecule has 0 bridgehead atoms. The highest BCUT2D eigenvalue weighted by Crippen LogP contribution is 2.57. The van der Waals surface area contributed by atoms with Crippen LogP contribution in [0.15, 0.2) is 109 Å². The number of rotatable bonds is 6. The maximum Gasteiger partial charge on any atom is 0.122 e. The fourth-order valence-electron chi connectivity index (χ4n) is 3.68. The predicted molar refractivity (Wildman–Crippen MR) is 120 cm³/mol. The van der Waals surface area contributed by atoms with Crippen LogP contribution in [-0.4, -0.2) is 12.1 Å². The normalized spacial score (nSPS) is 11.2. The van der Waals surface area contributed by atoms with E-state index in [2.05, 4.69) is 97.1 Å². The first-order valence-electron chi connectivity index (χ1n) is 9.37. The van der Waals surface area contributed by atoms with Gasteiger partial charge in [0.25, 0.3) is 0 Å². The summed E-state index contributed by atoms with van der Waals surface area (Å²) in [7, 11) is -0.222. The van der Waals surface area contributed by atoms with Crippen molar-refractivity contribution in [3.8, 4) is 5.75 Å². The van der Waals surface area contributed by atoms with Crippen molar-refractivity contribution in [3.05, 3.63) is 115 Å². The first-order valence-corrected chi connectivity index (χ1v) is 11.3. The molecule has 3 heteroatoms. The molecule has 0 saturated heterocycles. The largest absolute Gasteiger partial charge is 0.497 e. The maximum atomic E-state index is 5.46. The minimum Gasteiger partial charge on any atom is -0.497 e. The zero-order valence-electron chi connectivity index (χ0n) is 15.9. The summed E-state index contributed by atoms with van der Waals surface area (Å²) in [6.07, 6.45) is 2.69. The third kappa shape index (κ3) is 3.56. The van der Waals surface area contributed by atoms with Crippen LogP contribution in [0, 0.1) is 0 Å². The second-order valence-corrected chi connectivity index (χ2v) is 10.1. The van der Waals surface area contributed by atoms with Crippen LogP contribution in [-0.2, 0) is 6.16 Å². The number of aromatic nitrogens is 1. The third-order valence-corrected chi connectivity index (χ3v) is 9.35. The van der Waals surface area contributed by atoms with E-state index in [1.54, 1.807) is 7.11 Å². The van der Waals surface area contributed by atoms with Gasteiger partial charge >= 0.3 is 0 Å². The average Bonchev–Trinajstić information content (AvgIpc) is 2.79. The molecule has 3 aromatic carbocycles. The molecule has 138 valence electrons. The van der Waals surface area contributed by atoms with Crippen molar-refractivity contribution in [2.45, 2.75) is 6.16 Å². The summed E-state index contributed by atoms with van der Waals surface area (Å²) in [6, 6.07) is 36.6. The van der Waals surface area contributed by atoms with Gasteiger partial charge in [0.2, 0.25) is 0 Å². The molecule has 1 heterocycles. The summed E-state index contributed by atoms with van der Waals surface area (Å²) < 4.78 is 5.46. The van der Waals surface area contributed by atoms with Crippen LogP contribution in [0.25, 0.3) is 0 Å². The summed E-state index contributed by atoms with van der Waals surface area (Å²) in [6.45, 7) is 0. The Morgan fingerprint density at radius 1 is 0.679 bits per heavy atom. The lowest BCUT2D eigenvalue weighted by Crippen LogP contribution is -2.32. The highest BCUT2D eigenvalue weighted by atomic mass is 31.2. The number of hydrogen-bond acceptors (Lipinski definition) is 2. The van der Waals surface area contributed by atoms with E-state index in [0.29, 0.717) is 0 Å². The van der Waals surface area contributed by atoms with Gasteiger partial charge in [0.1, 0.15) is 35.1 Å². The first kappa shape index (κ1) is 18.4. The topological polar surface area (TPSA) is 22.1 Å². The highest BCUT2D eigenvalue weighted by Gasteiger charge is 2.45. The Morgan fingerprint density at radius 3 is 1.57 bits per heavy atom. The molecule has 0 unspecified atom stereocenters. The molecule has 0 amide bonds. The Bertz CT molecular complexity index is 923. The molecule has 28 heavy (non-hydrogen) atoms. The fourth-order valence-corrected chi connectivity index (χ4v) is 7.83. The predicted octanol–water partition coefficient (Wildman–Crippen LogP) is 4.58. The molecule has 0 N–H and O–H groups in total. The maximum absolute atomic E-state index is 5.46. The minimum absolute atomic E-state index is 0.845. The zero-order chi connectivity index (χ0) is 19.2. The van der Waals surface area contributed by atoms with Gasteiger partial charge in [-0.3, -0.25) is 4.98 Å². The number of hydrogen-bond donors (Lipinski definition) is 0. The highest BCUT2D eigenvalue weighted by molar-refractivity contribution is 7.95. The van der Waals surface area contributed by atoms with Gasteiger partial charge < -0.3 is 4.74 Å². The van der Waals surface area contributed by atoms with Crippen molar-refractivity contribution in [1.29, 1.82) is 0 Å².